The van der Waals surface area contributed by atoms with Gasteiger partial charge in [-0.15, -0.1) is 11.6 Å². The molecular weight excluding hydrogens is 248 g/mol. The first kappa shape index (κ1) is 12.8. The molecule has 1 rings (SSSR count). The number of halogens is 1. The molecule has 1 aromatic rings. The summed E-state index contributed by atoms with van der Waals surface area (Å²) < 4.78 is 0. The molecule has 0 fully saturated rings. The Labute approximate surface area is 101 Å². The zero-order valence-corrected chi connectivity index (χ0v) is 9.10. The van der Waals surface area contributed by atoms with Gasteiger partial charge in [0.1, 0.15) is 11.6 Å². The Morgan fingerprint density at radius 3 is 2.65 bits per heavy atom. The molecule has 0 unspecified atom stereocenters. The number of rotatable bonds is 4. The first-order valence-corrected chi connectivity index (χ1v) is 4.86. The number of carbonyl (C=O) groups excluding carboxylic acids is 2. The van der Waals surface area contributed by atoms with E-state index >= 15 is 0 Å². The monoisotopic (exact) mass is 252 g/mol. The van der Waals surface area contributed by atoms with Crippen molar-refractivity contribution in [2.75, 3.05) is 5.88 Å². The van der Waals surface area contributed by atoms with Crippen molar-refractivity contribution in [3.63, 3.8) is 0 Å². The summed E-state index contributed by atoms with van der Waals surface area (Å²) in [7, 11) is 0. The Morgan fingerprint density at radius 2 is 2.24 bits per heavy atom. The molecule has 0 saturated carbocycles. The summed E-state index contributed by atoms with van der Waals surface area (Å²) in [4.78, 5) is 31.9. The number of nitro benzene ring substituents is 1. The second-order valence-electron chi connectivity index (χ2n) is 2.97. The van der Waals surface area contributed by atoms with E-state index in [1.807, 2.05) is 0 Å². The molecule has 7 heteroatoms. The van der Waals surface area contributed by atoms with E-state index in [2.05, 4.69) is 0 Å². The minimum absolute atomic E-state index is 0.153. The number of benzene rings is 1. The lowest BCUT2D eigenvalue weighted by Crippen LogP contribution is -2.08. The maximum Gasteiger partial charge on any atom is 0.298 e. The molecule has 0 spiro atoms. The van der Waals surface area contributed by atoms with Gasteiger partial charge in [0.05, 0.1) is 16.4 Å². The molecule has 0 heterocycles. The van der Waals surface area contributed by atoms with Crippen LogP contribution in [0.15, 0.2) is 12.1 Å². The van der Waals surface area contributed by atoms with Crippen LogP contribution in [-0.4, -0.2) is 22.9 Å². The molecule has 0 radical (unpaired) electrons. The summed E-state index contributed by atoms with van der Waals surface area (Å²) in [5, 5.41) is 19.6. The van der Waals surface area contributed by atoms with Gasteiger partial charge in [-0.25, -0.2) is 0 Å². The molecule has 0 aliphatic heterocycles. The fourth-order valence-electron chi connectivity index (χ4n) is 1.32. The van der Waals surface area contributed by atoms with Gasteiger partial charge >= 0.3 is 0 Å². The Morgan fingerprint density at radius 1 is 1.59 bits per heavy atom. The maximum atomic E-state index is 11.4. The Hall–Kier alpha value is -2.26. The zero-order valence-electron chi connectivity index (χ0n) is 8.34. The molecule has 0 aromatic heterocycles. The number of nitro groups is 1. The molecule has 6 nitrogen and oxygen atoms in total. The number of nitriles is 1. The first-order chi connectivity index (χ1) is 8.06. The lowest BCUT2D eigenvalue weighted by atomic mass is 10.00. The van der Waals surface area contributed by atoms with E-state index < -0.39 is 27.8 Å². The van der Waals surface area contributed by atoms with Crippen LogP contribution in [0.25, 0.3) is 0 Å². The predicted molar refractivity (Wildman–Crippen MR) is 58.2 cm³/mol. The highest BCUT2D eigenvalue weighted by molar-refractivity contribution is 6.30. The largest absolute Gasteiger partial charge is 0.298 e. The average Bonchev–Trinajstić information content (AvgIpc) is 2.35. The number of nitrogens with zero attached hydrogens (tertiary/aromatic N) is 2. The quantitative estimate of drug-likeness (QED) is 0.267. The van der Waals surface area contributed by atoms with Gasteiger partial charge in [-0.1, -0.05) is 0 Å². The van der Waals surface area contributed by atoms with E-state index in [9.17, 15) is 19.7 Å². The minimum atomic E-state index is -0.868. The standard InChI is InChI=1S/C10H5ClN2O4/c11-3-9(15)7-2-1-6(5-14)10(13(16)17)8(7)4-12/h1-2,5H,3H2. The van der Waals surface area contributed by atoms with Crippen molar-refractivity contribution < 1.29 is 14.5 Å². The number of carbonyl (C=O) groups is 2. The van der Waals surface area contributed by atoms with Crippen LogP contribution >= 0.6 is 11.6 Å². The molecule has 0 N–H and O–H groups in total. The van der Waals surface area contributed by atoms with Gasteiger partial charge in [-0.2, -0.15) is 5.26 Å². The van der Waals surface area contributed by atoms with Gasteiger partial charge in [0.2, 0.25) is 0 Å². The molecule has 0 aliphatic carbocycles. The smallest absolute Gasteiger partial charge is 0.298 e. The molecule has 0 atom stereocenters. The normalized spacial score (nSPS) is 9.41. The molecule has 0 bridgehead atoms. The van der Waals surface area contributed by atoms with Gasteiger partial charge < -0.3 is 0 Å². The van der Waals surface area contributed by atoms with Crippen LogP contribution in [0.4, 0.5) is 5.69 Å². The van der Waals surface area contributed by atoms with Crippen molar-refractivity contribution in [3.8, 4) is 6.07 Å². The van der Waals surface area contributed by atoms with Gasteiger partial charge in [0.25, 0.3) is 5.69 Å². The van der Waals surface area contributed by atoms with Crippen LogP contribution in [0.5, 0.6) is 0 Å². The second kappa shape index (κ2) is 5.18. The molecule has 86 valence electrons. The van der Waals surface area contributed by atoms with E-state index in [1.165, 1.54) is 6.07 Å². The van der Waals surface area contributed by atoms with Crippen molar-refractivity contribution in [1.82, 2.24) is 0 Å². The highest BCUT2D eigenvalue weighted by atomic mass is 35.5. The van der Waals surface area contributed by atoms with E-state index in [0.717, 1.165) is 6.07 Å². The Kier molecular flexibility index (Phi) is 3.91. The van der Waals surface area contributed by atoms with Gasteiger partial charge in [-0.3, -0.25) is 19.7 Å². The highest BCUT2D eigenvalue weighted by Gasteiger charge is 2.25. The molecular formula is C10H5ClN2O4. The minimum Gasteiger partial charge on any atom is -0.298 e. The summed E-state index contributed by atoms with van der Waals surface area (Å²) in [5.74, 6) is -1.00. The maximum absolute atomic E-state index is 11.4. The van der Waals surface area contributed by atoms with Crippen LogP contribution in [0.1, 0.15) is 26.3 Å². The molecule has 0 saturated heterocycles. The second-order valence-corrected chi connectivity index (χ2v) is 3.24. The first-order valence-electron chi connectivity index (χ1n) is 4.32. The zero-order chi connectivity index (χ0) is 13.0. The highest BCUT2D eigenvalue weighted by Crippen LogP contribution is 2.26. The van der Waals surface area contributed by atoms with Crippen LogP contribution in [0.3, 0.4) is 0 Å². The van der Waals surface area contributed by atoms with Gasteiger partial charge in [0, 0.05) is 5.56 Å². The third kappa shape index (κ3) is 2.29. The number of ketones is 1. The molecule has 0 aliphatic rings. The lowest BCUT2D eigenvalue weighted by molar-refractivity contribution is -0.385. The van der Waals surface area contributed by atoms with E-state index in [1.54, 1.807) is 6.07 Å². The van der Waals surface area contributed by atoms with Crippen LogP contribution in [-0.2, 0) is 0 Å². The number of aldehydes is 1. The summed E-state index contributed by atoms with van der Waals surface area (Å²) in [5.41, 5.74) is -1.51. The van der Waals surface area contributed by atoms with Crippen molar-refractivity contribution in [2.45, 2.75) is 0 Å². The Bertz CT molecular complexity index is 548. The van der Waals surface area contributed by atoms with Crippen molar-refractivity contribution in [1.29, 1.82) is 5.26 Å². The van der Waals surface area contributed by atoms with Crippen LogP contribution in [0.2, 0.25) is 0 Å². The molecule has 17 heavy (non-hydrogen) atoms. The summed E-state index contributed by atoms with van der Waals surface area (Å²) >= 11 is 5.32. The van der Waals surface area contributed by atoms with E-state index in [0.29, 0.717) is 0 Å². The van der Waals surface area contributed by atoms with Crippen molar-refractivity contribution >= 4 is 29.4 Å². The van der Waals surface area contributed by atoms with Crippen molar-refractivity contribution in [2.24, 2.45) is 0 Å². The number of alkyl halides is 1. The molecule has 1 aromatic carbocycles. The van der Waals surface area contributed by atoms with Crippen LogP contribution in [0, 0.1) is 21.4 Å². The number of hydrogen-bond acceptors (Lipinski definition) is 5. The van der Waals surface area contributed by atoms with Gasteiger partial charge in [0.15, 0.2) is 12.1 Å². The average molecular weight is 253 g/mol. The predicted octanol–water partition coefficient (Wildman–Crippen LogP) is 1.70. The number of Topliss-reactive ketones (excluding diaryl/α,β-unsaturated/α-hetero) is 1. The van der Waals surface area contributed by atoms with Crippen LogP contribution < -0.4 is 0 Å². The fraction of sp³-hybridized carbons (Fsp3) is 0.100. The van der Waals surface area contributed by atoms with E-state index in [4.69, 9.17) is 16.9 Å². The third-order valence-corrected chi connectivity index (χ3v) is 2.29. The molecule has 0 amide bonds. The number of hydrogen-bond donors (Lipinski definition) is 0. The summed E-state index contributed by atoms with van der Waals surface area (Å²) in [6, 6.07) is 3.85. The third-order valence-electron chi connectivity index (χ3n) is 2.05. The lowest BCUT2D eigenvalue weighted by Gasteiger charge is -2.03. The summed E-state index contributed by atoms with van der Waals surface area (Å²) in [6.45, 7) is 0. The van der Waals surface area contributed by atoms with E-state index in [-0.39, 0.29) is 17.4 Å². The Balaban J connectivity index is 3.65. The topological polar surface area (TPSA) is 101 Å². The SMILES string of the molecule is N#Cc1c(C(=O)CCl)ccc(C=O)c1[N+](=O)[O-]. The summed E-state index contributed by atoms with van der Waals surface area (Å²) in [6.07, 6.45) is 0.258. The van der Waals surface area contributed by atoms with Gasteiger partial charge in [-0.05, 0) is 12.1 Å². The van der Waals surface area contributed by atoms with Crippen molar-refractivity contribution in [3.05, 3.63) is 38.9 Å². The fourth-order valence-corrected chi connectivity index (χ4v) is 1.46.